The summed E-state index contributed by atoms with van der Waals surface area (Å²) in [5.41, 5.74) is 1.93. The minimum Gasteiger partial charge on any atom is -0.315 e. The molecule has 1 aromatic rings. The van der Waals surface area contributed by atoms with Crippen molar-refractivity contribution >= 4 is 27.3 Å². The normalized spacial score (nSPS) is 12.4. The SMILES string of the molecule is Cc1sc(Br)cc1CCC(C)(C)CCNC(C)C. The Morgan fingerprint density at radius 3 is 2.50 bits per heavy atom. The Labute approximate surface area is 125 Å². The van der Waals surface area contributed by atoms with Crippen LogP contribution in [0.15, 0.2) is 9.85 Å². The van der Waals surface area contributed by atoms with Gasteiger partial charge in [-0.05, 0) is 65.7 Å². The highest BCUT2D eigenvalue weighted by Gasteiger charge is 2.18. The molecule has 0 aliphatic carbocycles. The number of hydrogen-bond donors (Lipinski definition) is 1. The van der Waals surface area contributed by atoms with Gasteiger partial charge in [-0.2, -0.15) is 0 Å². The van der Waals surface area contributed by atoms with Crippen LogP contribution in [0, 0.1) is 12.3 Å². The Bertz CT molecular complexity index is 369. The summed E-state index contributed by atoms with van der Waals surface area (Å²) < 4.78 is 1.26. The van der Waals surface area contributed by atoms with Crippen LogP contribution in [0.25, 0.3) is 0 Å². The predicted molar refractivity (Wildman–Crippen MR) is 86.6 cm³/mol. The molecular weight excluding hydrogens is 306 g/mol. The lowest BCUT2D eigenvalue weighted by atomic mass is 9.83. The summed E-state index contributed by atoms with van der Waals surface area (Å²) in [5.74, 6) is 0. The third-order valence-corrected chi connectivity index (χ3v) is 5.01. The van der Waals surface area contributed by atoms with E-state index in [1.54, 1.807) is 0 Å². The molecule has 0 saturated carbocycles. The largest absolute Gasteiger partial charge is 0.315 e. The van der Waals surface area contributed by atoms with Crippen molar-refractivity contribution in [1.82, 2.24) is 5.32 Å². The number of rotatable bonds is 7. The number of hydrogen-bond acceptors (Lipinski definition) is 2. The molecule has 18 heavy (non-hydrogen) atoms. The molecule has 0 aliphatic rings. The molecule has 0 radical (unpaired) electrons. The molecule has 1 rings (SSSR count). The molecule has 1 nitrogen and oxygen atoms in total. The Morgan fingerprint density at radius 2 is 2.00 bits per heavy atom. The Balaban J connectivity index is 2.39. The van der Waals surface area contributed by atoms with Crippen LogP contribution in [-0.2, 0) is 6.42 Å². The molecule has 104 valence electrons. The van der Waals surface area contributed by atoms with Crippen molar-refractivity contribution in [2.24, 2.45) is 5.41 Å². The molecule has 0 saturated heterocycles. The molecule has 1 N–H and O–H groups in total. The van der Waals surface area contributed by atoms with Crippen LogP contribution < -0.4 is 5.32 Å². The molecule has 0 fully saturated rings. The molecule has 0 aromatic carbocycles. The minimum absolute atomic E-state index is 0.419. The van der Waals surface area contributed by atoms with E-state index in [0.717, 1.165) is 6.54 Å². The smallest absolute Gasteiger partial charge is 0.0704 e. The molecule has 0 spiro atoms. The van der Waals surface area contributed by atoms with Crippen LogP contribution in [0.1, 0.15) is 51.0 Å². The molecule has 0 bridgehead atoms. The summed E-state index contributed by atoms with van der Waals surface area (Å²) >= 11 is 5.42. The Kier molecular flexibility index (Phi) is 6.36. The van der Waals surface area contributed by atoms with Gasteiger partial charge in [0.25, 0.3) is 0 Å². The maximum absolute atomic E-state index is 3.57. The van der Waals surface area contributed by atoms with Gasteiger partial charge in [-0.1, -0.05) is 27.7 Å². The van der Waals surface area contributed by atoms with Crippen LogP contribution in [0.5, 0.6) is 0 Å². The quantitative estimate of drug-likeness (QED) is 0.727. The van der Waals surface area contributed by atoms with E-state index in [0.29, 0.717) is 11.5 Å². The number of thiophene rings is 1. The van der Waals surface area contributed by atoms with E-state index in [-0.39, 0.29) is 0 Å². The van der Waals surface area contributed by atoms with Gasteiger partial charge in [0.1, 0.15) is 0 Å². The highest BCUT2D eigenvalue weighted by molar-refractivity contribution is 9.11. The summed E-state index contributed by atoms with van der Waals surface area (Å²) in [7, 11) is 0. The second-order valence-electron chi connectivity index (χ2n) is 6.15. The molecule has 0 aliphatic heterocycles. The lowest BCUT2D eigenvalue weighted by Crippen LogP contribution is -2.28. The first-order valence-electron chi connectivity index (χ1n) is 6.78. The summed E-state index contributed by atoms with van der Waals surface area (Å²) in [4.78, 5) is 1.46. The number of aryl methyl sites for hydroxylation is 2. The third kappa shape index (κ3) is 5.85. The highest BCUT2D eigenvalue weighted by atomic mass is 79.9. The van der Waals surface area contributed by atoms with E-state index in [1.807, 2.05) is 11.3 Å². The van der Waals surface area contributed by atoms with Crippen molar-refractivity contribution in [2.45, 2.75) is 59.9 Å². The van der Waals surface area contributed by atoms with Gasteiger partial charge >= 0.3 is 0 Å². The van der Waals surface area contributed by atoms with Crippen LogP contribution >= 0.6 is 27.3 Å². The number of halogens is 1. The maximum atomic E-state index is 3.57. The first-order chi connectivity index (χ1) is 8.30. The third-order valence-electron chi connectivity index (χ3n) is 3.42. The van der Waals surface area contributed by atoms with E-state index in [4.69, 9.17) is 0 Å². The van der Waals surface area contributed by atoms with Crippen molar-refractivity contribution in [1.29, 1.82) is 0 Å². The average Bonchev–Trinajstić information content (AvgIpc) is 2.53. The van der Waals surface area contributed by atoms with Crippen LogP contribution in [0.4, 0.5) is 0 Å². The van der Waals surface area contributed by atoms with Crippen molar-refractivity contribution in [3.05, 3.63) is 20.3 Å². The Morgan fingerprint density at radius 1 is 1.33 bits per heavy atom. The van der Waals surface area contributed by atoms with E-state index in [2.05, 4.69) is 61.9 Å². The van der Waals surface area contributed by atoms with E-state index >= 15 is 0 Å². The Hall–Kier alpha value is 0.140. The molecule has 1 heterocycles. The molecule has 3 heteroatoms. The minimum atomic E-state index is 0.419. The van der Waals surface area contributed by atoms with Crippen molar-refractivity contribution in [3.8, 4) is 0 Å². The molecule has 1 aromatic heterocycles. The second kappa shape index (κ2) is 7.06. The van der Waals surface area contributed by atoms with Crippen molar-refractivity contribution in [2.75, 3.05) is 6.54 Å². The summed E-state index contributed by atoms with van der Waals surface area (Å²) in [6.07, 6.45) is 3.70. The second-order valence-corrected chi connectivity index (χ2v) is 8.79. The van der Waals surface area contributed by atoms with Crippen LogP contribution in [-0.4, -0.2) is 12.6 Å². The zero-order valence-corrected chi connectivity index (χ0v) is 14.7. The van der Waals surface area contributed by atoms with E-state index in [1.165, 1.54) is 33.5 Å². The summed E-state index contributed by atoms with van der Waals surface area (Å²) in [6.45, 7) is 12.5. The zero-order chi connectivity index (χ0) is 13.8. The molecular formula is C15H26BrNS. The molecule has 0 amide bonds. The van der Waals surface area contributed by atoms with Crippen molar-refractivity contribution in [3.63, 3.8) is 0 Å². The molecule has 0 atom stereocenters. The van der Waals surface area contributed by atoms with Gasteiger partial charge in [-0.25, -0.2) is 0 Å². The topological polar surface area (TPSA) is 12.0 Å². The van der Waals surface area contributed by atoms with Gasteiger partial charge < -0.3 is 5.32 Å². The lowest BCUT2D eigenvalue weighted by molar-refractivity contribution is 0.298. The van der Waals surface area contributed by atoms with Crippen LogP contribution in [0.2, 0.25) is 0 Å². The highest BCUT2D eigenvalue weighted by Crippen LogP contribution is 2.31. The van der Waals surface area contributed by atoms with Crippen LogP contribution in [0.3, 0.4) is 0 Å². The van der Waals surface area contributed by atoms with Gasteiger partial charge in [-0.15, -0.1) is 11.3 Å². The van der Waals surface area contributed by atoms with Gasteiger partial charge in [0.05, 0.1) is 3.79 Å². The first kappa shape index (κ1) is 16.2. The lowest BCUT2D eigenvalue weighted by Gasteiger charge is -2.25. The predicted octanol–water partition coefficient (Wildman–Crippen LogP) is 5.17. The summed E-state index contributed by atoms with van der Waals surface area (Å²) in [5, 5.41) is 3.51. The maximum Gasteiger partial charge on any atom is 0.0704 e. The van der Waals surface area contributed by atoms with E-state index in [9.17, 15) is 0 Å². The van der Waals surface area contributed by atoms with Gasteiger partial charge in [-0.3, -0.25) is 0 Å². The monoisotopic (exact) mass is 331 g/mol. The first-order valence-corrected chi connectivity index (χ1v) is 8.39. The summed E-state index contributed by atoms with van der Waals surface area (Å²) in [6, 6.07) is 2.87. The van der Waals surface area contributed by atoms with Gasteiger partial charge in [0.15, 0.2) is 0 Å². The molecule has 0 unspecified atom stereocenters. The number of nitrogens with one attached hydrogen (secondary N) is 1. The average molecular weight is 332 g/mol. The fourth-order valence-corrected chi connectivity index (χ4v) is 3.82. The van der Waals surface area contributed by atoms with Crippen molar-refractivity contribution < 1.29 is 0 Å². The van der Waals surface area contributed by atoms with Gasteiger partial charge in [0, 0.05) is 10.9 Å². The fraction of sp³-hybridized carbons (Fsp3) is 0.733. The van der Waals surface area contributed by atoms with E-state index < -0.39 is 0 Å². The van der Waals surface area contributed by atoms with Gasteiger partial charge in [0.2, 0.25) is 0 Å². The fourth-order valence-electron chi connectivity index (χ4n) is 2.03. The zero-order valence-electron chi connectivity index (χ0n) is 12.3. The standard InChI is InChI=1S/C15H26BrNS/c1-11(2)17-9-8-15(4,5)7-6-13-10-14(16)18-12(13)3/h10-11,17H,6-9H2,1-5H3.